The van der Waals surface area contributed by atoms with Crippen molar-refractivity contribution < 1.29 is 9.90 Å². The highest BCUT2D eigenvalue weighted by molar-refractivity contribution is 5.94. The summed E-state index contributed by atoms with van der Waals surface area (Å²) >= 11 is 0. The van der Waals surface area contributed by atoms with Gasteiger partial charge >= 0.3 is 0 Å². The minimum absolute atomic E-state index is 0.0215. The van der Waals surface area contributed by atoms with Crippen LogP contribution < -0.4 is 5.73 Å². The van der Waals surface area contributed by atoms with Crippen LogP contribution in [0, 0.1) is 11.8 Å². The number of nitrogens with zero attached hydrogens (tertiary/aromatic N) is 1. The maximum Gasteiger partial charge on any atom is 0.254 e. The summed E-state index contributed by atoms with van der Waals surface area (Å²) in [7, 11) is 0. The van der Waals surface area contributed by atoms with Gasteiger partial charge in [0.15, 0.2) is 0 Å². The molecule has 1 aromatic carbocycles. The molecule has 20 heavy (non-hydrogen) atoms. The number of aliphatic hydroxyl groups is 1. The second-order valence-corrected chi connectivity index (χ2v) is 4.75. The molecule has 0 aliphatic carbocycles. The summed E-state index contributed by atoms with van der Waals surface area (Å²) in [6, 6.07) is 7.29. The lowest BCUT2D eigenvalue weighted by molar-refractivity contribution is 0.0693. The first-order chi connectivity index (χ1) is 9.60. The van der Waals surface area contributed by atoms with Crippen LogP contribution in [-0.2, 0) is 0 Å². The predicted molar refractivity (Wildman–Crippen MR) is 80.2 cm³/mol. The van der Waals surface area contributed by atoms with E-state index in [1.54, 1.807) is 17.0 Å². The van der Waals surface area contributed by atoms with E-state index < -0.39 is 0 Å². The van der Waals surface area contributed by atoms with Crippen LogP contribution in [0.2, 0.25) is 0 Å². The van der Waals surface area contributed by atoms with Crippen LogP contribution in [0.4, 0.5) is 0 Å². The Bertz CT molecular complexity index is 483. The monoisotopic (exact) mass is 274 g/mol. The van der Waals surface area contributed by atoms with E-state index in [0.29, 0.717) is 25.1 Å². The van der Waals surface area contributed by atoms with Crippen LogP contribution in [0.25, 0.3) is 0 Å². The Morgan fingerprint density at radius 1 is 1.35 bits per heavy atom. The van der Waals surface area contributed by atoms with E-state index in [2.05, 4.69) is 11.8 Å². The van der Waals surface area contributed by atoms with Crippen LogP contribution in [0.1, 0.15) is 36.2 Å². The minimum Gasteiger partial charge on any atom is -0.396 e. The van der Waals surface area contributed by atoms with Crippen molar-refractivity contribution in [3.05, 3.63) is 35.4 Å². The summed E-state index contributed by atoms with van der Waals surface area (Å²) in [5, 5.41) is 8.90. The SMILES string of the molecule is CC(C)N(CCCO)C(=O)c1ccc(C#CCN)cc1. The first-order valence-electron chi connectivity index (χ1n) is 6.81. The Balaban J connectivity index is 2.83. The number of amides is 1. The van der Waals surface area contributed by atoms with E-state index in [0.717, 1.165) is 5.56 Å². The molecule has 4 heteroatoms. The molecule has 0 unspecified atom stereocenters. The second-order valence-electron chi connectivity index (χ2n) is 4.75. The first-order valence-corrected chi connectivity index (χ1v) is 6.81. The molecule has 0 bridgehead atoms. The zero-order valence-electron chi connectivity index (χ0n) is 12.1. The number of benzene rings is 1. The van der Waals surface area contributed by atoms with E-state index in [9.17, 15) is 4.79 Å². The summed E-state index contributed by atoms with van der Waals surface area (Å²) in [4.78, 5) is 14.2. The van der Waals surface area contributed by atoms with Gasteiger partial charge in [-0.25, -0.2) is 0 Å². The van der Waals surface area contributed by atoms with E-state index in [-0.39, 0.29) is 18.6 Å². The lowest BCUT2D eigenvalue weighted by Crippen LogP contribution is -2.38. The lowest BCUT2D eigenvalue weighted by Gasteiger charge is -2.26. The largest absolute Gasteiger partial charge is 0.396 e. The third-order valence-corrected chi connectivity index (χ3v) is 2.91. The Morgan fingerprint density at radius 3 is 2.50 bits per heavy atom. The number of hydrogen-bond donors (Lipinski definition) is 2. The molecule has 0 aliphatic rings. The number of carbonyl (C=O) groups is 1. The predicted octanol–water partition coefficient (Wildman–Crippen LogP) is 1.23. The fourth-order valence-electron chi connectivity index (χ4n) is 1.85. The second kappa shape index (κ2) is 8.36. The number of carbonyl (C=O) groups excluding carboxylic acids is 1. The van der Waals surface area contributed by atoms with Crippen molar-refractivity contribution in [2.45, 2.75) is 26.3 Å². The maximum atomic E-state index is 12.4. The van der Waals surface area contributed by atoms with Crippen LogP contribution in [0.3, 0.4) is 0 Å². The molecule has 3 N–H and O–H groups in total. The normalized spacial score (nSPS) is 10.1. The molecule has 108 valence electrons. The third-order valence-electron chi connectivity index (χ3n) is 2.91. The van der Waals surface area contributed by atoms with Gasteiger partial charge < -0.3 is 15.7 Å². The van der Waals surface area contributed by atoms with Crippen molar-refractivity contribution >= 4 is 5.91 Å². The molecular formula is C16H22N2O2. The number of aliphatic hydroxyl groups excluding tert-OH is 1. The van der Waals surface area contributed by atoms with E-state index in [1.807, 2.05) is 26.0 Å². The van der Waals surface area contributed by atoms with Gasteiger partial charge in [0, 0.05) is 30.3 Å². The highest BCUT2D eigenvalue weighted by Crippen LogP contribution is 2.10. The van der Waals surface area contributed by atoms with Crippen molar-refractivity contribution in [1.29, 1.82) is 0 Å². The van der Waals surface area contributed by atoms with Gasteiger partial charge in [0.05, 0.1) is 6.54 Å². The van der Waals surface area contributed by atoms with Gasteiger partial charge in [-0.1, -0.05) is 11.8 Å². The molecule has 1 aromatic rings. The van der Waals surface area contributed by atoms with Crippen molar-refractivity contribution in [2.75, 3.05) is 19.7 Å². The fourth-order valence-corrected chi connectivity index (χ4v) is 1.85. The van der Waals surface area contributed by atoms with Crippen LogP contribution in [0.5, 0.6) is 0 Å². The summed E-state index contributed by atoms with van der Waals surface area (Å²) in [6.07, 6.45) is 0.587. The summed E-state index contributed by atoms with van der Waals surface area (Å²) in [6.45, 7) is 4.90. The molecule has 0 heterocycles. The Morgan fingerprint density at radius 2 is 2.00 bits per heavy atom. The zero-order valence-corrected chi connectivity index (χ0v) is 12.1. The average molecular weight is 274 g/mol. The molecule has 0 aliphatic heterocycles. The molecule has 0 saturated heterocycles. The van der Waals surface area contributed by atoms with Crippen molar-refractivity contribution in [3.63, 3.8) is 0 Å². The molecule has 1 rings (SSSR count). The number of rotatable bonds is 5. The number of nitrogens with two attached hydrogens (primary N) is 1. The molecule has 1 amide bonds. The molecule has 0 fully saturated rings. The fraction of sp³-hybridized carbons (Fsp3) is 0.438. The van der Waals surface area contributed by atoms with Crippen LogP contribution in [0.15, 0.2) is 24.3 Å². The highest BCUT2D eigenvalue weighted by atomic mass is 16.3. The van der Waals surface area contributed by atoms with Gasteiger partial charge in [0.1, 0.15) is 0 Å². The topological polar surface area (TPSA) is 66.6 Å². The smallest absolute Gasteiger partial charge is 0.254 e. The maximum absolute atomic E-state index is 12.4. The van der Waals surface area contributed by atoms with Gasteiger partial charge in [0.2, 0.25) is 0 Å². The lowest BCUT2D eigenvalue weighted by atomic mass is 10.1. The molecular weight excluding hydrogens is 252 g/mol. The van der Waals surface area contributed by atoms with Gasteiger partial charge in [-0.3, -0.25) is 4.79 Å². The Kier molecular flexibility index (Phi) is 6.78. The molecule has 0 atom stereocenters. The van der Waals surface area contributed by atoms with E-state index in [4.69, 9.17) is 10.8 Å². The Hall–Kier alpha value is -1.83. The van der Waals surface area contributed by atoms with Crippen molar-refractivity contribution in [1.82, 2.24) is 4.90 Å². The summed E-state index contributed by atoms with van der Waals surface area (Å²) in [5.41, 5.74) is 6.80. The molecule has 0 spiro atoms. The van der Waals surface area contributed by atoms with E-state index >= 15 is 0 Å². The quantitative estimate of drug-likeness (QED) is 0.794. The van der Waals surface area contributed by atoms with Gasteiger partial charge in [0.25, 0.3) is 5.91 Å². The standard InChI is InChI=1S/C16H22N2O2/c1-13(2)18(11-4-12-19)16(20)15-8-6-14(7-9-15)5-3-10-17/h6-9,13,19H,4,10-12,17H2,1-2H3. The van der Waals surface area contributed by atoms with Gasteiger partial charge in [-0.15, -0.1) is 0 Å². The third kappa shape index (κ3) is 4.69. The van der Waals surface area contributed by atoms with E-state index in [1.165, 1.54) is 0 Å². The summed E-state index contributed by atoms with van der Waals surface area (Å²) in [5.74, 6) is 5.68. The Labute approximate surface area is 120 Å². The molecule has 0 saturated carbocycles. The van der Waals surface area contributed by atoms with Crippen LogP contribution >= 0.6 is 0 Å². The van der Waals surface area contributed by atoms with Gasteiger partial charge in [-0.2, -0.15) is 0 Å². The van der Waals surface area contributed by atoms with Crippen molar-refractivity contribution in [2.24, 2.45) is 5.73 Å². The minimum atomic E-state index is -0.0215. The van der Waals surface area contributed by atoms with Crippen molar-refractivity contribution in [3.8, 4) is 11.8 Å². The first kappa shape index (κ1) is 16.2. The zero-order chi connectivity index (χ0) is 15.0. The van der Waals surface area contributed by atoms with Gasteiger partial charge in [-0.05, 0) is 44.5 Å². The molecule has 0 aromatic heterocycles. The summed E-state index contributed by atoms with van der Waals surface area (Å²) < 4.78 is 0. The molecule has 0 radical (unpaired) electrons. The molecule has 4 nitrogen and oxygen atoms in total. The number of hydrogen-bond acceptors (Lipinski definition) is 3. The average Bonchev–Trinajstić information content (AvgIpc) is 2.45. The highest BCUT2D eigenvalue weighted by Gasteiger charge is 2.17. The van der Waals surface area contributed by atoms with Crippen LogP contribution in [-0.4, -0.2) is 41.7 Å².